The lowest BCUT2D eigenvalue weighted by Gasteiger charge is -2.17. The average molecular weight is 308 g/mol. The van der Waals surface area contributed by atoms with Gasteiger partial charge in [-0.2, -0.15) is 5.26 Å². The van der Waals surface area contributed by atoms with Gasteiger partial charge in [-0.1, -0.05) is 30.3 Å². The molecule has 2 heterocycles. The van der Waals surface area contributed by atoms with Crippen LogP contribution in [0.4, 0.5) is 0 Å². The minimum Gasteiger partial charge on any atom is -0.470 e. The van der Waals surface area contributed by atoms with Gasteiger partial charge in [-0.15, -0.1) is 0 Å². The van der Waals surface area contributed by atoms with Crippen LogP contribution < -0.4 is 4.74 Å². The van der Waals surface area contributed by atoms with Gasteiger partial charge in [-0.25, -0.2) is 9.97 Å². The van der Waals surface area contributed by atoms with E-state index in [1.807, 2.05) is 36.4 Å². The standard InChI is InChI=1S/C17H16N4O2/c18-11-15-17(20-8-7-19-15)23-14-6-9-21(12-14)16(22)10-13-4-2-1-3-5-13/h1-5,7-8,14H,6,9-10,12H2. The summed E-state index contributed by atoms with van der Waals surface area (Å²) in [6.45, 7) is 1.16. The zero-order chi connectivity index (χ0) is 16.1. The predicted octanol–water partition coefficient (Wildman–Crippen LogP) is 1.57. The van der Waals surface area contributed by atoms with Crippen molar-refractivity contribution in [1.82, 2.24) is 14.9 Å². The van der Waals surface area contributed by atoms with Crippen molar-refractivity contribution in [3.8, 4) is 11.9 Å². The molecule has 1 amide bonds. The van der Waals surface area contributed by atoms with Gasteiger partial charge in [0.05, 0.1) is 13.0 Å². The Labute approximate surface area is 134 Å². The van der Waals surface area contributed by atoms with Crippen LogP contribution in [-0.2, 0) is 11.2 Å². The van der Waals surface area contributed by atoms with Crippen molar-refractivity contribution in [2.45, 2.75) is 18.9 Å². The number of benzene rings is 1. The molecule has 6 nitrogen and oxygen atoms in total. The van der Waals surface area contributed by atoms with Gasteiger partial charge >= 0.3 is 0 Å². The summed E-state index contributed by atoms with van der Waals surface area (Å²) in [5, 5.41) is 9.00. The predicted molar refractivity (Wildman–Crippen MR) is 82.5 cm³/mol. The first-order chi connectivity index (χ1) is 11.3. The molecule has 1 unspecified atom stereocenters. The number of amides is 1. The van der Waals surface area contributed by atoms with Crippen LogP contribution in [-0.4, -0.2) is 40.0 Å². The van der Waals surface area contributed by atoms with E-state index < -0.39 is 0 Å². The number of hydrogen-bond acceptors (Lipinski definition) is 5. The molecule has 116 valence electrons. The lowest BCUT2D eigenvalue weighted by Crippen LogP contribution is -2.32. The zero-order valence-electron chi connectivity index (χ0n) is 12.6. The normalized spacial score (nSPS) is 16.8. The third-order valence-electron chi connectivity index (χ3n) is 3.74. The quantitative estimate of drug-likeness (QED) is 0.856. The SMILES string of the molecule is N#Cc1nccnc1OC1CCN(C(=O)Cc2ccccc2)C1. The largest absolute Gasteiger partial charge is 0.470 e. The third kappa shape index (κ3) is 3.64. The Morgan fingerprint density at radius 2 is 2.09 bits per heavy atom. The summed E-state index contributed by atoms with van der Waals surface area (Å²) in [6.07, 6.45) is 3.90. The highest BCUT2D eigenvalue weighted by Gasteiger charge is 2.28. The molecule has 1 aromatic carbocycles. The van der Waals surface area contributed by atoms with Gasteiger partial charge in [0.15, 0.2) is 0 Å². The number of nitriles is 1. The van der Waals surface area contributed by atoms with Crippen LogP contribution in [0.2, 0.25) is 0 Å². The van der Waals surface area contributed by atoms with Crippen LogP contribution in [0.1, 0.15) is 17.7 Å². The average Bonchev–Trinajstić information content (AvgIpc) is 3.05. The zero-order valence-corrected chi connectivity index (χ0v) is 12.6. The van der Waals surface area contributed by atoms with E-state index in [4.69, 9.17) is 10.00 Å². The molecule has 0 spiro atoms. The summed E-state index contributed by atoms with van der Waals surface area (Å²) in [6, 6.07) is 11.6. The van der Waals surface area contributed by atoms with Gasteiger partial charge in [0.1, 0.15) is 12.2 Å². The number of likely N-dealkylation sites (tertiary alicyclic amines) is 1. The van der Waals surface area contributed by atoms with Crippen LogP contribution >= 0.6 is 0 Å². The molecule has 1 aliphatic rings. The highest BCUT2D eigenvalue weighted by Crippen LogP contribution is 2.19. The summed E-state index contributed by atoms with van der Waals surface area (Å²) >= 11 is 0. The first kappa shape index (κ1) is 15.0. The fourth-order valence-corrected chi connectivity index (χ4v) is 2.58. The fraction of sp³-hybridized carbons (Fsp3) is 0.294. The lowest BCUT2D eigenvalue weighted by molar-refractivity contribution is -0.129. The fourth-order valence-electron chi connectivity index (χ4n) is 2.58. The first-order valence-electron chi connectivity index (χ1n) is 7.45. The molecule has 0 bridgehead atoms. The van der Waals surface area contributed by atoms with Gasteiger partial charge in [0, 0.05) is 25.4 Å². The Kier molecular flexibility index (Phi) is 4.48. The van der Waals surface area contributed by atoms with Gasteiger partial charge in [0.2, 0.25) is 11.6 Å². The number of aromatic nitrogens is 2. The van der Waals surface area contributed by atoms with E-state index >= 15 is 0 Å². The van der Waals surface area contributed by atoms with Crippen molar-refractivity contribution < 1.29 is 9.53 Å². The van der Waals surface area contributed by atoms with Crippen molar-refractivity contribution >= 4 is 5.91 Å². The minimum absolute atomic E-state index is 0.0851. The molecule has 23 heavy (non-hydrogen) atoms. The van der Waals surface area contributed by atoms with E-state index in [0.29, 0.717) is 19.5 Å². The summed E-state index contributed by atoms with van der Waals surface area (Å²) in [5.41, 5.74) is 1.17. The van der Waals surface area contributed by atoms with Gasteiger partial charge in [-0.3, -0.25) is 4.79 Å². The lowest BCUT2D eigenvalue weighted by atomic mass is 10.1. The first-order valence-corrected chi connectivity index (χ1v) is 7.45. The van der Waals surface area contributed by atoms with Crippen LogP contribution in [0.15, 0.2) is 42.7 Å². The van der Waals surface area contributed by atoms with Crippen molar-refractivity contribution in [1.29, 1.82) is 5.26 Å². The van der Waals surface area contributed by atoms with E-state index in [-0.39, 0.29) is 23.6 Å². The molecule has 0 radical (unpaired) electrons. The van der Waals surface area contributed by atoms with Crippen molar-refractivity contribution in [3.63, 3.8) is 0 Å². The van der Waals surface area contributed by atoms with E-state index in [0.717, 1.165) is 12.0 Å². The molecular weight excluding hydrogens is 292 g/mol. The molecule has 3 rings (SSSR count). The van der Waals surface area contributed by atoms with E-state index in [1.165, 1.54) is 12.4 Å². The van der Waals surface area contributed by atoms with E-state index in [1.54, 1.807) is 4.90 Å². The van der Waals surface area contributed by atoms with Gasteiger partial charge in [-0.05, 0) is 5.56 Å². The third-order valence-corrected chi connectivity index (χ3v) is 3.74. The summed E-state index contributed by atoms with van der Waals surface area (Å²) in [7, 11) is 0. The van der Waals surface area contributed by atoms with Crippen LogP contribution in [0.25, 0.3) is 0 Å². The topological polar surface area (TPSA) is 79.1 Å². The maximum Gasteiger partial charge on any atom is 0.251 e. The monoisotopic (exact) mass is 308 g/mol. The number of carbonyl (C=O) groups excluding carboxylic acids is 1. The maximum absolute atomic E-state index is 12.3. The molecule has 1 fully saturated rings. The molecule has 0 aliphatic carbocycles. The second-order valence-corrected chi connectivity index (χ2v) is 5.35. The smallest absolute Gasteiger partial charge is 0.251 e. The number of ether oxygens (including phenoxy) is 1. The molecule has 6 heteroatoms. The summed E-state index contributed by atoms with van der Waals surface area (Å²) < 4.78 is 5.74. The molecule has 1 saturated heterocycles. The molecule has 0 saturated carbocycles. The molecule has 1 atom stereocenters. The molecule has 1 aliphatic heterocycles. The molecule has 0 N–H and O–H groups in total. The Balaban J connectivity index is 1.58. The summed E-state index contributed by atoms with van der Waals surface area (Å²) in [5.74, 6) is 0.319. The van der Waals surface area contributed by atoms with Gasteiger partial charge in [0.25, 0.3) is 5.88 Å². The number of nitrogens with zero attached hydrogens (tertiary/aromatic N) is 4. The van der Waals surface area contributed by atoms with E-state index in [9.17, 15) is 4.79 Å². The number of rotatable bonds is 4. The maximum atomic E-state index is 12.3. The van der Waals surface area contributed by atoms with Crippen LogP contribution in [0.3, 0.4) is 0 Å². The second-order valence-electron chi connectivity index (χ2n) is 5.35. The Hall–Kier alpha value is -2.94. The molecule has 1 aromatic heterocycles. The Bertz CT molecular complexity index is 727. The van der Waals surface area contributed by atoms with Crippen LogP contribution in [0.5, 0.6) is 5.88 Å². The number of carbonyl (C=O) groups is 1. The van der Waals surface area contributed by atoms with Crippen LogP contribution in [0, 0.1) is 11.3 Å². The Morgan fingerprint density at radius 1 is 1.30 bits per heavy atom. The van der Waals surface area contributed by atoms with Crippen molar-refractivity contribution in [2.75, 3.05) is 13.1 Å². The highest BCUT2D eigenvalue weighted by atomic mass is 16.5. The van der Waals surface area contributed by atoms with Crippen molar-refractivity contribution in [3.05, 3.63) is 54.0 Å². The van der Waals surface area contributed by atoms with E-state index in [2.05, 4.69) is 9.97 Å². The highest BCUT2D eigenvalue weighted by molar-refractivity contribution is 5.79. The minimum atomic E-state index is -0.154. The molecule has 2 aromatic rings. The second kappa shape index (κ2) is 6.88. The number of hydrogen-bond donors (Lipinski definition) is 0. The molecular formula is C17H16N4O2. The Morgan fingerprint density at radius 3 is 2.87 bits per heavy atom. The summed E-state index contributed by atoms with van der Waals surface area (Å²) in [4.78, 5) is 22.1. The van der Waals surface area contributed by atoms with Gasteiger partial charge < -0.3 is 9.64 Å². The van der Waals surface area contributed by atoms with Crippen molar-refractivity contribution in [2.24, 2.45) is 0 Å².